The van der Waals surface area contributed by atoms with Crippen LogP contribution in [0.4, 0.5) is 11.6 Å². The van der Waals surface area contributed by atoms with Crippen molar-refractivity contribution in [1.29, 1.82) is 0 Å². The van der Waals surface area contributed by atoms with Gasteiger partial charge in [-0.15, -0.1) is 0 Å². The van der Waals surface area contributed by atoms with E-state index in [1.807, 2.05) is 67.2 Å². The third-order valence-corrected chi connectivity index (χ3v) is 4.59. The highest BCUT2D eigenvalue weighted by Gasteiger charge is 2.27. The Kier molecular flexibility index (Phi) is 5.78. The van der Waals surface area contributed by atoms with Crippen LogP contribution in [0.2, 0.25) is 0 Å². The molecular formula is C20H27N5O2. The minimum absolute atomic E-state index is 0.0198. The van der Waals surface area contributed by atoms with Crippen LogP contribution in [0.3, 0.4) is 0 Å². The summed E-state index contributed by atoms with van der Waals surface area (Å²) in [5.74, 6) is 3.28. The van der Waals surface area contributed by atoms with Crippen molar-refractivity contribution < 1.29 is 9.53 Å². The second kappa shape index (κ2) is 8.24. The molecule has 1 aliphatic heterocycles. The number of amides is 1. The first-order valence-corrected chi connectivity index (χ1v) is 9.22. The van der Waals surface area contributed by atoms with Crippen molar-refractivity contribution in [3.63, 3.8) is 0 Å². The standard InChI is InChI=1S/C20H27N5O2/c1-15(27-17-8-6-5-7-9-17)20(26)25-12-10-24(11-13-25)19-14-18(23(3)4)21-16(2)22-19/h5-9,14-15H,10-13H2,1-4H3/t15-/m0/s1. The van der Waals surface area contributed by atoms with Crippen molar-refractivity contribution in [3.8, 4) is 5.75 Å². The summed E-state index contributed by atoms with van der Waals surface area (Å²) in [5.41, 5.74) is 0. The molecule has 1 aromatic heterocycles. The smallest absolute Gasteiger partial charge is 0.263 e. The largest absolute Gasteiger partial charge is 0.481 e. The maximum Gasteiger partial charge on any atom is 0.263 e. The van der Waals surface area contributed by atoms with Crippen molar-refractivity contribution in [3.05, 3.63) is 42.2 Å². The maximum atomic E-state index is 12.7. The Hall–Kier alpha value is -2.83. The Bertz CT molecular complexity index is 773. The van der Waals surface area contributed by atoms with Gasteiger partial charge in [0.05, 0.1) is 0 Å². The Morgan fingerprint density at radius 3 is 2.41 bits per heavy atom. The highest BCUT2D eigenvalue weighted by molar-refractivity contribution is 5.81. The SMILES string of the molecule is Cc1nc(N(C)C)cc(N2CCN(C(=O)[C@H](C)Oc3ccccc3)CC2)n1. The quantitative estimate of drug-likeness (QED) is 0.803. The van der Waals surface area contributed by atoms with Gasteiger partial charge in [0.15, 0.2) is 6.10 Å². The summed E-state index contributed by atoms with van der Waals surface area (Å²) in [7, 11) is 3.94. The van der Waals surface area contributed by atoms with E-state index in [0.29, 0.717) is 18.8 Å². The summed E-state index contributed by atoms with van der Waals surface area (Å²) < 4.78 is 5.77. The molecule has 7 heteroatoms. The number of ether oxygens (including phenoxy) is 1. The van der Waals surface area contributed by atoms with Gasteiger partial charge >= 0.3 is 0 Å². The fourth-order valence-corrected chi connectivity index (χ4v) is 3.09. The van der Waals surface area contributed by atoms with Crippen molar-refractivity contribution in [2.24, 2.45) is 0 Å². The summed E-state index contributed by atoms with van der Waals surface area (Å²) in [6.07, 6.45) is -0.499. The number of carbonyl (C=O) groups excluding carboxylic acids is 1. The molecule has 0 saturated carbocycles. The molecule has 2 aromatic rings. The van der Waals surface area contributed by atoms with Gasteiger partial charge in [-0.25, -0.2) is 9.97 Å². The molecule has 0 N–H and O–H groups in total. The fourth-order valence-electron chi connectivity index (χ4n) is 3.09. The van der Waals surface area contributed by atoms with E-state index in [4.69, 9.17) is 4.74 Å². The molecule has 0 unspecified atom stereocenters. The maximum absolute atomic E-state index is 12.7. The Balaban J connectivity index is 1.59. The number of benzene rings is 1. The molecule has 1 saturated heterocycles. The molecule has 3 rings (SSSR count). The van der Waals surface area contributed by atoms with Crippen molar-refractivity contribution in [1.82, 2.24) is 14.9 Å². The van der Waals surface area contributed by atoms with Crippen LogP contribution >= 0.6 is 0 Å². The molecule has 1 aliphatic rings. The van der Waals surface area contributed by atoms with Crippen LogP contribution in [0.25, 0.3) is 0 Å². The van der Waals surface area contributed by atoms with E-state index >= 15 is 0 Å². The molecular weight excluding hydrogens is 342 g/mol. The van der Waals surface area contributed by atoms with Crippen LogP contribution in [0.1, 0.15) is 12.7 Å². The molecule has 2 heterocycles. The van der Waals surface area contributed by atoms with Gasteiger partial charge in [-0.2, -0.15) is 0 Å². The van der Waals surface area contributed by atoms with Gasteiger partial charge in [-0.1, -0.05) is 18.2 Å². The second-order valence-electron chi connectivity index (χ2n) is 6.91. The fraction of sp³-hybridized carbons (Fsp3) is 0.450. The lowest BCUT2D eigenvalue weighted by atomic mass is 10.2. The zero-order valence-corrected chi connectivity index (χ0v) is 16.4. The van der Waals surface area contributed by atoms with Crippen molar-refractivity contribution in [2.75, 3.05) is 50.1 Å². The first-order chi connectivity index (χ1) is 12.9. The highest BCUT2D eigenvalue weighted by Crippen LogP contribution is 2.20. The van der Waals surface area contributed by atoms with E-state index in [0.717, 1.165) is 30.5 Å². The van der Waals surface area contributed by atoms with Gasteiger partial charge in [-0.05, 0) is 26.0 Å². The number of hydrogen-bond acceptors (Lipinski definition) is 6. The summed E-state index contributed by atoms with van der Waals surface area (Å²) >= 11 is 0. The Labute approximate surface area is 160 Å². The van der Waals surface area contributed by atoms with Gasteiger partial charge in [0, 0.05) is 46.3 Å². The number of para-hydroxylation sites is 1. The van der Waals surface area contributed by atoms with E-state index in [9.17, 15) is 4.79 Å². The minimum Gasteiger partial charge on any atom is -0.481 e. The average molecular weight is 369 g/mol. The lowest BCUT2D eigenvalue weighted by Crippen LogP contribution is -2.52. The normalized spacial score (nSPS) is 15.4. The minimum atomic E-state index is -0.499. The molecule has 7 nitrogen and oxygen atoms in total. The van der Waals surface area contributed by atoms with Gasteiger partial charge in [0.25, 0.3) is 5.91 Å². The number of piperazine rings is 1. The molecule has 1 amide bonds. The predicted octanol–water partition coefficient (Wildman–Crippen LogP) is 1.97. The summed E-state index contributed by atoms with van der Waals surface area (Å²) in [4.78, 5) is 27.7. The topological polar surface area (TPSA) is 61.8 Å². The summed E-state index contributed by atoms with van der Waals surface area (Å²) in [6.45, 7) is 6.50. The van der Waals surface area contributed by atoms with E-state index in [1.165, 1.54) is 0 Å². The van der Waals surface area contributed by atoms with E-state index in [2.05, 4.69) is 14.9 Å². The number of nitrogens with zero attached hydrogens (tertiary/aromatic N) is 5. The molecule has 27 heavy (non-hydrogen) atoms. The molecule has 0 bridgehead atoms. The van der Waals surface area contributed by atoms with Crippen molar-refractivity contribution >= 4 is 17.5 Å². The molecule has 0 spiro atoms. The third kappa shape index (κ3) is 4.67. The van der Waals surface area contributed by atoms with E-state index in [-0.39, 0.29) is 5.91 Å². The Morgan fingerprint density at radius 2 is 1.78 bits per heavy atom. The third-order valence-electron chi connectivity index (χ3n) is 4.59. The first-order valence-electron chi connectivity index (χ1n) is 9.22. The number of carbonyl (C=O) groups is 1. The average Bonchev–Trinajstić information content (AvgIpc) is 2.67. The number of aryl methyl sites for hydroxylation is 1. The number of hydrogen-bond donors (Lipinski definition) is 0. The summed E-state index contributed by atoms with van der Waals surface area (Å²) in [5, 5.41) is 0. The van der Waals surface area contributed by atoms with Crippen molar-refractivity contribution in [2.45, 2.75) is 20.0 Å². The van der Waals surface area contributed by atoms with E-state index < -0.39 is 6.10 Å². The monoisotopic (exact) mass is 369 g/mol. The molecule has 1 fully saturated rings. The zero-order valence-electron chi connectivity index (χ0n) is 16.4. The molecule has 0 radical (unpaired) electrons. The van der Waals surface area contributed by atoms with Gasteiger partial charge in [0.1, 0.15) is 23.2 Å². The van der Waals surface area contributed by atoms with Crippen LogP contribution < -0.4 is 14.5 Å². The molecule has 0 aliphatic carbocycles. The lowest BCUT2D eigenvalue weighted by molar-refractivity contribution is -0.138. The number of aromatic nitrogens is 2. The van der Waals surface area contributed by atoms with Crippen LogP contribution in [0.15, 0.2) is 36.4 Å². The second-order valence-corrected chi connectivity index (χ2v) is 6.91. The highest BCUT2D eigenvalue weighted by atomic mass is 16.5. The van der Waals surface area contributed by atoms with Gasteiger partial charge < -0.3 is 19.4 Å². The predicted molar refractivity (Wildman–Crippen MR) is 106 cm³/mol. The van der Waals surface area contributed by atoms with Crippen LogP contribution in [-0.4, -0.2) is 67.2 Å². The number of anilines is 2. The number of rotatable bonds is 5. The molecule has 1 aromatic carbocycles. The lowest BCUT2D eigenvalue weighted by Gasteiger charge is -2.36. The zero-order chi connectivity index (χ0) is 19.4. The molecule has 144 valence electrons. The summed E-state index contributed by atoms with van der Waals surface area (Å²) in [6, 6.07) is 11.4. The van der Waals surface area contributed by atoms with Gasteiger partial charge in [-0.3, -0.25) is 4.79 Å². The van der Waals surface area contributed by atoms with Crippen LogP contribution in [0.5, 0.6) is 5.75 Å². The first kappa shape index (κ1) is 18.9. The van der Waals surface area contributed by atoms with E-state index in [1.54, 1.807) is 6.92 Å². The van der Waals surface area contributed by atoms with Crippen LogP contribution in [-0.2, 0) is 4.79 Å². The molecule has 1 atom stereocenters. The van der Waals surface area contributed by atoms with Gasteiger partial charge in [0.2, 0.25) is 0 Å². The van der Waals surface area contributed by atoms with Crippen LogP contribution in [0, 0.1) is 6.92 Å². The Morgan fingerprint density at radius 1 is 1.11 bits per heavy atom.